The Morgan fingerprint density at radius 3 is 2.79 bits per heavy atom. The van der Waals surface area contributed by atoms with E-state index in [9.17, 15) is 9.90 Å². The van der Waals surface area contributed by atoms with Crippen molar-refractivity contribution in [2.45, 2.75) is 12.3 Å². The van der Waals surface area contributed by atoms with Crippen molar-refractivity contribution in [2.75, 3.05) is 5.32 Å². The van der Waals surface area contributed by atoms with Gasteiger partial charge in [0.25, 0.3) is 5.91 Å². The zero-order valence-electron chi connectivity index (χ0n) is 10.5. The van der Waals surface area contributed by atoms with Gasteiger partial charge in [-0.05, 0) is 36.8 Å². The van der Waals surface area contributed by atoms with Crippen molar-refractivity contribution < 1.29 is 9.90 Å². The Balaban J connectivity index is 2.23. The van der Waals surface area contributed by atoms with Gasteiger partial charge in [-0.1, -0.05) is 39.7 Å². The standard InChI is InChI=1S/C15H14BrNO2/c1-10-5-6-14(18)13(7-10)15(19)17-12-4-2-3-11(8-12)9-16/h2-8,18H,9H2,1H3,(H,17,19). The summed E-state index contributed by atoms with van der Waals surface area (Å²) in [5, 5.41) is 13.2. The number of aromatic hydroxyl groups is 1. The highest BCUT2D eigenvalue weighted by Gasteiger charge is 2.11. The minimum atomic E-state index is -0.312. The molecular formula is C15H14BrNO2. The molecular weight excluding hydrogens is 306 g/mol. The maximum Gasteiger partial charge on any atom is 0.259 e. The van der Waals surface area contributed by atoms with Gasteiger partial charge in [-0.15, -0.1) is 0 Å². The lowest BCUT2D eigenvalue weighted by Crippen LogP contribution is -2.12. The number of amides is 1. The number of halogens is 1. The largest absolute Gasteiger partial charge is 0.507 e. The highest BCUT2D eigenvalue weighted by Crippen LogP contribution is 2.20. The molecule has 2 rings (SSSR count). The van der Waals surface area contributed by atoms with Gasteiger partial charge in [0.15, 0.2) is 0 Å². The van der Waals surface area contributed by atoms with Crippen molar-refractivity contribution in [2.24, 2.45) is 0 Å². The van der Waals surface area contributed by atoms with Crippen LogP contribution in [0.4, 0.5) is 5.69 Å². The first-order chi connectivity index (χ1) is 9.10. The summed E-state index contributed by atoms with van der Waals surface area (Å²) in [4.78, 5) is 12.1. The van der Waals surface area contributed by atoms with Crippen molar-refractivity contribution in [3.8, 4) is 5.75 Å². The molecule has 0 fully saturated rings. The molecule has 0 heterocycles. The van der Waals surface area contributed by atoms with E-state index in [1.165, 1.54) is 6.07 Å². The Morgan fingerprint density at radius 2 is 2.05 bits per heavy atom. The number of alkyl halides is 1. The highest BCUT2D eigenvalue weighted by molar-refractivity contribution is 9.08. The monoisotopic (exact) mass is 319 g/mol. The van der Waals surface area contributed by atoms with Gasteiger partial charge in [0.2, 0.25) is 0 Å². The van der Waals surface area contributed by atoms with Crippen LogP contribution in [0.1, 0.15) is 21.5 Å². The second-order valence-electron chi connectivity index (χ2n) is 4.31. The van der Waals surface area contributed by atoms with Gasteiger partial charge in [0, 0.05) is 11.0 Å². The van der Waals surface area contributed by atoms with E-state index in [-0.39, 0.29) is 17.2 Å². The van der Waals surface area contributed by atoms with Crippen molar-refractivity contribution in [3.63, 3.8) is 0 Å². The van der Waals surface area contributed by atoms with Crippen LogP contribution in [-0.2, 0) is 5.33 Å². The van der Waals surface area contributed by atoms with Crippen LogP contribution >= 0.6 is 15.9 Å². The number of phenols is 1. The molecule has 0 atom stereocenters. The second kappa shape index (κ2) is 5.89. The quantitative estimate of drug-likeness (QED) is 0.844. The fourth-order valence-electron chi connectivity index (χ4n) is 1.76. The van der Waals surface area contributed by atoms with Crippen LogP contribution in [0.25, 0.3) is 0 Å². The first-order valence-corrected chi connectivity index (χ1v) is 6.98. The van der Waals surface area contributed by atoms with Gasteiger partial charge in [0.1, 0.15) is 5.75 Å². The molecule has 0 bridgehead atoms. The molecule has 0 aliphatic carbocycles. The smallest absolute Gasteiger partial charge is 0.259 e. The molecule has 0 saturated carbocycles. The fourth-order valence-corrected chi connectivity index (χ4v) is 2.11. The molecule has 0 radical (unpaired) electrons. The van der Waals surface area contributed by atoms with Gasteiger partial charge in [-0.3, -0.25) is 4.79 Å². The number of hydrogen-bond donors (Lipinski definition) is 2. The maximum atomic E-state index is 12.1. The molecule has 0 aliphatic heterocycles. The van der Waals surface area contributed by atoms with E-state index in [1.807, 2.05) is 31.2 Å². The molecule has 2 N–H and O–H groups in total. The van der Waals surface area contributed by atoms with Crippen LogP contribution in [0.5, 0.6) is 5.75 Å². The molecule has 0 aromatic heterocycles. The van der Waals surface area contributed by atoms with Crippen molar-refractivity contribution in [3.05, 3.63) is 59.2 Å². The van der Waals surface area contributed by atoms with E-state index in [0.717, 1.165) is 16.5 Å². The topological polar surface area (TPSA) is 49.3 Å². The fraction of sp³-hybridized carbons (Fsp3) is 0.133. The lowest BCUT2D eigenvalue weighted by atomic mass is 10.1. The minimum absolute atomic E-state index is 0.0141. The zero-order chi connectivity index (χ0) is 13.8. The second-order valence-corrected chi connectivity index (χ2v) is 4.87. The van der Waals surface area contributed by atoms with Crippen LogP contribution in [0.3, 0.4) is 0 Å². The summed E-state index contributed by atoms with van der Waals surface area (Å²) < 4.78 is 0. The summed E-state index contributed by atoms with van der Waals surface area (Å²) in [6.45, 7) is 1.88. The predicted octanol–water partition coefficient (Wildman–Crippen LogP) is 3.85. The van der Waals surface area contributed by atoms with E-state index in [4.69, 9.17) is 0 Å². The average molecular weight is 320 g/mol. The minimum Gasteiger partial charge on any atom is -0.507 e. The Bertz CT molecular complexity index is 611. The zero-order valence-corrected chi connectivity index (χ0v) is 12.1. The molecule has 0 spiro atoms. The van der Waals surface area contributed by atoms with Gasteiger partial charge in [-0.25, -0.2) is 0 Å². The lowest BCUT2D eigenvalue weighted by molar-refractivity contribution is 0.102. The molecule has 0 aliphatic rings. The van der Waals surface area contributed by atoms with Crippen molar-refractivity contribution in [1.82, 2.24) is 0 Å². The third kappa shape index (κ3) is 3.35. The third-order valence-corrected chi connectivity index (χ3v) is 3.38. The first kappa shape index (κ1) is 13.6. The number of carbonyl (C=O) groups excluding carboxylic acids is 1. The summed E-state index contributed by atoms with van der Waals surface area (Å²) in [6, 6.07) is 12.5. The first-order valence-electron chi connectivity index (χ1n) is 5.86. The van der Waals surface area contributed by atoms with Crippen molar-refractivity contribution >= 4 is 27.5 Å². The predicted molar refractivity (Wildman–Crippen MR) is 79.9 cm³/mol. The van der Waals surface area contributed by atoms with Crippen LogP contribution in [-0.4, -0.2) is 11.0 Å². The molecule has 3 nitrogen and oxygen atoms in total. The van der Waals surface area contributed by atoms with E-state index in [2.05, 4.69) is 21.2 Å². The Labute approximate surface area is 120 Å². The number of carbonyl (C=O) groups is 1. The number of anilines is 1. The normalized spacial score (nSPS) is 10.2. The molecule has 4 heteroatoms. The number of nitrogens with one attached hydrogen (secondary N) is 1. The molecule has 0 saturated heterocycles. The van der Waals surface area contributed by atoms with E-state index in [0.29, 0.717) is 5.69 Å². The van der Waals surface area contributed by atoms with Crippen LogP contribution < -0.4 is 5.32 Å². The van der Waals surface area contributed by atoms with Crippen molar-refractivity contribution in [1.29, 1.82) is 0 Å². The molecule has 19 heavy (non-hydrogen) atoms. The van der Waals surface area contributed by atoms with Gasteiger partial charge < -0.3 is 10.4 Å². The lowest BCUT2D eigenvalue weighted by Gasteiger charge is -2.08. The summed E-state index contributed by atoms with van der Waals surface area (Å²) >= 11 is 3.37. The average Bonchev–Trinajstić information content (AvgIpc) is 2.41. The van der Waals surface area contributed by atoms with Crippen LogP contribution in [0.15, 0.2) is 42.5 Å². The SMILES string of the molecule is Cc1ccc(O)c(C(=O)Nc2cccc(CBr)c2)c1. The van der Waals surface area contributed by atoms with E-state index >= 15 is 0 Å². The highest BCUT2D eigenvalue weighted by atomic mass is 79.9. The molecule has 98 valence electrons. The Kier molecular flexibility index (Phi) is 4.22. The number of hydrogen-bond acceptors (Lipinski definition) is 2. The van der Waals surface area contributed by atoms with E-state index < -0.39 is 0 Å². The number of aryl methyl sites for hydroxylation is 1. The third-order valence-electron chi connectivity index (χ3n) is 2.74. The summed E-state index contributed by atoms with van der Waals surface area (Å²) in [5.41, 5.74) is 3.00. The molecule has 1 amide bonds. The Morgan fingerprint density at radius 1 is 1.26 bits per heavy atom. The summed E-state index contributed by atoms with van der Waals surface area (Å²) in [5.74, 6) is -0.326. The maximum absolute atomic E-state index is 12.1. The van der Waals surface area contributed by atoms with E-state index in [1.54, 1.807) is 12.1 Å². The van der Waals surface area contributed by atoms with Gasteiger partial charge >= 0.3 is 0 Å². The number of rotatable bonds is 3. The summed E-state index contributed by atoms with van der Waals surface area (Å²) in [6.07, 6.45) is 0. The van der Waals surface area contributed by atoms with Gasteiger partial charge in [0.05, 0.1) is 5.56 Å². The van der Waals surface area contributed by atoms with Crippen LogP contribution in [0, 0.1) is 6.92 Å². The van der Waals surface area contributed by atoms with Gasteiger partial charge in [-0.2, -0.15) is 0 Å². The number of phenolic OH excluding ortho intramolecular Hbond substituents is 1. The Hall–Kier alpha value is -1.81. The number of benzene rings is 2. The molecule has 2 aromatic carbocycles. The van der Waals surface area contributed by atoms with Crippen LogP contribution in [0.2, 0.25) is 0 Å². The molecule has 0 unspecified atom stereocenters. The molecule has 2 aromatic rings. The summed E-state index contributed by atoms with van der Waals surface area (Å²) in [7, 11) is 0.